The van der Waals surface area contributed by atoms with Crippen molar-refractivity contribution in [1.82, 2.24) is 4.90 Å². The third-order valence-electron chi connectivity index (χ3n) is 4.08. The molecule has 1 aromatic carbocycles. The van der Waals surface area contributed by atoms with Gasteiger partial charge < -0.3 is 9.84 Å². The SMILES string of the molecule is Cc1cccc(C[C@@]2(C(=O)O)CCCN2C(=O)OC(C)(C)C)c1. The van der Waals surface area contributed by atoms with Gasteiger partial charge in [-0.25, -0.2) is 9.59 Å². The molecule has 0 aliphatic carbocycles. The first-order valence-electron chi connectivity index (χ1n) is 7.94. The van der Waals surface area contributed by atoms with Gasteiger partial charge in [-0.1, -0.05) is 29.8 Å². The van der Waals surface area contributed by atoms with E-state index in [-0.39, 0.29) is 0 Å². The van der Waals surface area contributed by atoms with Gasteiger partial charge >= 0.3 is 12.1 Å². The average molecular weight is 319 g/mol. The van der Waals surface area contributed by atoms with Crippen molar-refractivity contribution in [3.8, 4) is 0 Å². The van der Waals surface area contributed by atoms with E-state index in [2.05, 4.69) is 0 Å². The molecule has 0 unspecified atom stereocenters. The minimum Gasteiger partial charge on any atom is -0.479 e. The van der Waals surface area contributed by atoms with Gasteiger partial charge in [-0.2, -0.15) is 0 Å². The maximum absolute atomic E-state index is 12.5. The summed E-state index contributed by atoms with van der Waals surface area (Å²) in [5.74, 6) is -0.970. The average Bonchev–Trinajstić information content (AvgIpc) is 2.82. The van der Waals surface area contributed by atoms with Crippen LogP contribution in [-0.4, -0.2) is 39.8 Å². The summed E-state index contributed by atoms with van der Waals surface area (Å²) in [6.45, 7) is 7.72. The number of rotatable bonds is 3. The van der Waals surface area contributed by atoms with E-state index < -0.39 is 23.2 Å². The first kappa shape index (κ1) is 17.3. The Labute approximate surface area is 137 Å². The monoisotopic (exact) mass is 319 g/mol. The van der Waals surface area contributed by atoms with E-state index in [0.29, 0.717) is 25.8 Å². The fourth-order valence-corrected chi connectivity index (χ4v) is 3.10. The summed E-state index contributed by atoms with van der Waals surface area (Å²) in [6, 6.07) is 7.75. The number of carbonyl (C=O) groups is 2. The predicted molar refractivity (Wildman–Crippen MR) is 87.4 cm³/mol. The number of aliphatic carboxylic acids is 1. The molecule has 1 fully saturated rings. The molecular formula is C18H25NO4. The van der Waals surface area contributed by atoms with Gasteiger partial charge in [0, 0.05) is 13.0 Å². The molecule has 0 spiro atoms. The molecule has 1 aliphatic heterocycles. The lowest BCUT2D eigenvalue weighted by Gasteiger charge is -2.36. The van der Waals surface area contributed by atoms with Crippen LogP contribution in [0.3, 0.4) is 0 Å². The molecule has 1 N–H and O–H groups in total. The zero-order valence-electron chi connectivity index (χ0n) is 14.3. The number of hydrogen-bond donors (Lipinski definition) is 1. The highest BCUT2D eigenvalue weighted by molar-refractivity contribution is 5.85. The van der Waals surface area contributed by atoms with Crippen LogP contribution < -0.4 is 0 Å². The largest absolute Gasteiger partial charge is 0.479 e. The lowest BCUT2D eigenvalue weighted by molar-refractivity contribution is -0.149. The lowest BCUT2D eigenvalue weighted by atomic mass is 9.88. The highest BCUT2D eigenvalue weighted by atomic mass is 16.6. The Hall–Kier alpha value is -2.04. The Bertz CT molecular complexity index is 605. The fourth-order valence-electron chi connectivity index (χ4n) is 3.10. The van der Waals surface area contributed by atoms with Crippen molar-refractivity contribution in [3.63, 3.8) is 0 Å². The Morgan fingerprint density at radius 2 is 2.04 bits per heavy atom. The number of aryl methyl sites for hydroxylation is 1. The molecule has 2 rings (SSSR count). The van der Waals surface area contributed by atoms with Gasteiger partial charge in [-0.15, -0.1) is 0 Å². The lowest BCUT2D eigenvalue weighted by Crippen LogP contribution is -2.55. The maximum atomic E-state index is 12.5. The second kappa shape index (κ2) is 6.22. The topological polar surface area (TPSA) is 66.8 Å². The normalized spacial score (nSPS) is 21.3. The Kier molecular flexibility index (Phi) is 4.68. The highest BCUT2D eigenvalue weighted by Crippen LogP contribution is 2.34. The Morgan fingerprint density at radius 3 is 2.61 bits per heavy atom. The van der Waals surface area contributed by atoms with Crippen molar-refractivity contribution in [2.24, 2.45) is 0 Å². The number of amides is 1. The molecule has 5 nitrogen and oxygen atoms in total. The summed E-state index contributed by atoms with van der Waals surface area (Å²) in [7, 11) is 0. The number of carbonyl (C=O) groups excluding carboxylic acids is 1. The van der Waals surface area contributed by atoms with Crippen molar-refractivity contribution < 1.29 is 19.4 Å². The zero-order chi connectivity index (χ0) is 17.3. The number of hydrogen-bond acceptors (Lipinski definition) is 3. The molecule has 0 saturated carbocycles. The van der Waals surface area contributed by atoms with Crippen LogP contribution in [0.5, 0.6) is 0 Å². The number of carboxylic acids is 1. The van der Waals surface area contributed by atoms with Gasteiger partial charge in [0.1, 0.15) is 11.1 Å². The van der Waals surface area contributed by atoms with E-state index in [1.54, 1.807) is 20.8 Å². The zero-order valence-corrected chi connectivity index (χ0v) is 14.3. The van der Waals surface area contributed by atoms with Crippen LogP contribution in [-0.2, 0) is 16.0 Å². The Morgan fingerprint density at radius 1 is 1.35 bits per heavy atom. The van der Waals surface area contributed by atoms with Gasteiger partial charge in [0.15, 0.2) is 0 Å². The van der Waals surface area contributed by atoms with Crippen LogP contribution in [0.1, 0.15) is 44.7 Å². The van der Waals surface area contributed by atoms with Crippen LogP contribution >= 0.6 is 0 Å². The van der Waals surface area contributed by atoms with Crippen molar-refractivity contribution in [2.45, 2.75) is 58.1 Å². The van der Waals surface area contributed by atoms with Gasteiger partial charge in [-0.05, 0) is 46.1 Å². The molecule has 1 heterocycles. The summed E-state index contributed by atoms with van der Waals surface area (Å²) in [5.41, 5.74) is 0.122. The number of likely N-dealkylation sites (tertiary alicyclic amines) is 1. The molecule has 5 heteroatoms. The van der Waals surface area contributed by atoms with Crippen LogP contribution in [0.2, 0.25) is 0 Å². The van der Waals surface area contributed by atoms with E-state index in [1.807, 2.05) is 31.2 Å². The smallest absolute Gasteiger partial charge is 0.411 e. The summed E-state index contributed by atoms with van der Waals surface area (Å²) >= 11 is 0. The molecular weight excluding hydrogens is 294 g/mol. The summed E-state index contributed by atoms with van der Waals surface area (Å²) in [4.78, 5) is 25.9. The molecule has 0 bridgehead atoms. The molecule has 1 aromatic rings. The molecule has 1 amide bonds. The van der Waals surface area contributed by atoms with E-state index in [0.717, 1.165) is 11.1 Å². The molecule has 126 valence electrons. The molecule has 1 aliphatic rings. The first-order valence-corrected chi connectivity index (χ1v) is 7.94. The third-order valence-corrected chi connectivity index (χ3v) is 4.08. The highest BCUT2D eigenvalue weighted by Gasteiger charge is 2.51. The van der Waals surface area contributed by atoms with Gasteiger partial charge in [0.2, 0.25) is 0 Å². The van der Waals surface area contributed by atoms with Crippen molar-refractivity contribution in [1.29, 1.82) is 0 Å². The van der Waals surface area contributed by atoms with Crippen LogP contribution in [0.15, 0.2) is 24.3 Å². The Balaban J connectivity index is 2.31. The minimum absolute atomic E-state index is 0.295. The standard InChI is InChI=1S/C18H25NO4/c1-13-7-5-8-14(11-13)12-18(15(20)21)9-6-10-19(18)16(22)23-17(2,3)4/h5,7-8,11H,6,9-10,12H2,1-4H3,(H,20,21)/t18-/m1/s1. The molecule has 1 saturated heterocycles. The molecule has 1 atom stereocenters. The number of nitrogens with zero attached hydrogens (tertiary/aromatic N) is 1. The first-order chi connectivity index (χ1) is 10.6. The van der Waals surface area contributed by atoms with Gasteiger partial charge in [0.05, 0.1) is 0 Å². The van der Waals surface area contributed by atoms with Crippen LogP contribution in [0.25, 0.3) is 0 Å². The van der Waals surface area contributed by atoms with Gasteiger partial charge in [-0.3, -0.25) is 4.90 Å². The summed E-state index contributed by atoms with van der Waals surface area (Å²) in [6.07, 6.45) is 0.848. The van der Waals surface area contributed by atoms with E-state index in [1.165, 1.54) is 4.90 Å². The summed E-state index contributed by atoms with van der Waals surface area (Å²) < 4.78 is 5.41. The minimum atomic E-state index is -1.23. The third kappa shape index (κ3) is 3.84. The number of carboxylic acid groups (broad SMARTS) is 1. The number of ether oxygens (including phenoxy) is 1. The van der Waals surface area contributed by atoms with Crippen molar-refractivity contribution >= 4 is 12.1 Å². The predicted octanol–water partition coefficient (Wildman–Crippen LogP) is 3.39. The second-order valence-electron chi connectivity index (χ2n) is 7.24. The second-order valence-corrected chi connectivity index (χ2v) is 7.24. The quantitative estimate of drug-likeness (QED) is 0.927. The van der Waals surface area contributed by atoms with E-state index >= 15 is 0 Å². The van der Waals surface area contributed by atoms with Crippen molar-refractivity contribution in [3.05, 3.63) is 35.4 Å². The molecule has 0 aromatic heterocycles. The van der Waals surface area contributed by atoms with Crippen LogP contribution in [0, 0.1) is 6.92 Å². The van der Waals surface area contributed by atoms with Crippen LogP contribution in [0.4, 0.5) is 4.79 Å². The fraction of sp³-hybridized carbons (Fsp3) is 0.556. The molecule has 0 radical (unpaired) electrons. The maximum Gasteiger partial charge on any atom is 0.411 e. The van der Waals surface area contributed by atoms with Gasteiger partial charge in [0.25, 0.3) is 0 Å². The van der Waals surface area contributed by atoms with E-state index in [9.17, 15) is 14.7 Å². The van der Waals surface area contributed by atoms with E-state index in [4.69, 9.17) is 4.74 Å². The molecule has 23 heavy (non-hydrogen) atoms. The summed E-state index contributed by atoms with van der Waals surface area (Å²) in [5, 5.41) is 9.86. The number of benzene rings is 1. The van der Waals surface area contributed by atoms with Crippen molar-refractivity contribution in [2.75, 3.05) is 6.54 Å².